The summed E-state index contributed by atoms with van der Waals surface area (Å²) in [5.74, 6) is 1.18. The van der Waals surface area contributed by atoms with Crippen LogP contribution in [0.15, 0.2) is 52.5 Å². The van der Waals surface area contributed by atoms with Crippen molar-refractivity contribution in [2.75, 3.05) is 14.2 Å². The molecule has 0 aliphatic carbocycles. The SMILES string of the molecule is COc1cc(/C=N\NS(=O)(=O)c2ccc(C)cc2)cc(OC)c1. The van der Waals surface area contributed by atoms with Crippen molar-refractivity contribution in [2.45, 2.75) is 11.8 Å². The lowest BCUT2D eigenvalue weighted by atomic mass is 10.2. The number of methoxy groups -OCH3 is 2. The maximum atomic E-state index is 12.1. The van der Waals surface area contributed by atoms with E-state index in [1.54, 1.807) is 30.3 Å². The molecule has 2 rings (SSSR count). The van der Waals surface area contributed by atoms with Gasteiger partial charge in [0.05, 0.1) is 25.3 Å². The zero-order valence-corrected chi connectivity index (χ0v) is 13.9. The van der Waals surface area contributed by atoms with Crippen LogP contribution in [-0.2, 0) is 10.0 Å². The molecule has 0 saturated carbocycles. The lowest BCUT2D eigenvalue weighted by molar-refractivity contribution is 0.394. The summed E-state index contributed by atoms with van der Waals surface area (Å²) in [6, 6.07) is 11.7. The monoisotopic (exact) mass is 334 g/mol. The number of benzene rings is 2. The van der Waals surface area contributed by atoms with Gasteiger partial charge in [0.25, 0.3) is 10.0 Å². The highest BCUT2D eigenvalue weighted by Crippen LogP contribution is 2.21. The second kappa shape index (κ2) is 7.15. The normalized spacial score (nSPS) is 11.4. The Hall–Kier alpha value is -2.54. The average Bonchev–Trinajstić information content (AvgIpc) is 2.54. The number of rotatable bonds is 6. The average molecular weight is 334 g/mol. The molecule has 0 atom stereocenters. The number of nitrogens with zero attached hydrogens (tertiary/aromatic N) is 1. The molecule has 0 aromatic heterocycles. The van der Waals surface area contributed by atoms with Gasteiger partial charge in [0.15, 0.2) is 0 Å². The van der Waals surface area contributed by atoms with E-state index in [0.717, 1.165) is 5.56 Å². The molecule has 0 amide bonds. The smallest absolute Gasteiger partial charge is 0.276 e. The third kappa shape index (κ3) is 4.46. The maximum absolute atomic E-state index is 12.1. The van der Waals surface area contributed by atoms with Gasteiger partial charge in [-0.3, -0.25) is 0 Å². The molecule has 2 aromatic carbocycles. The van der Waals surface area contributed by atoms with E-state index in [9.17, 15) is 8.42 Å². The minimum Gasteiger partial charge on any atom is -0.497 e. The quantitative estimate of drug-likeness (QED) is 0.650. The van der Waals surface area contributed by atoms with Gasteiger partial charge in [-0.15, -0.1) is 0 Å². The summed E-state index contributed by atoms with van der Waals surface area (Å²) in [6.45, 7) is 1.89. The molecule has 0 bridgehead atoms. The van der Waals surface area contributed by atoms with Crippen LogP contribution in [0.1, 0.15) is 11.1 Å². The summed E-state index contributed by atoms with van der Waals surface area (Å²) in [6.07, 6.45) is 1.39. The third-order valence-corrected chi connectivity index (χ3v) is 4.33. The highest BCUT2D eigenvalue weighted by Gasteiger charge is 2.11. The Bertz CT molecular complexity index is 777. The zero-order valence-electron chi connectivity index (χ0n) is 13.1. The molecule has 0 saturated heterocycles. The van der Waals surface area contributed by atoms with Crippen LogP contribution in [0.4, 0.5) is 0 Å². The van der Waals surface area contributed by atoms with Crippen molar-refractivity contribution < 1.29 is 17.9 Å². The van der Waals surface area contributed by atoms with Gasteiger partial charge in [-0.1, -0.05) is 17.7 Å². The largest absolute Gasteiger partial charge is 0.497 e. The van der Waals surface area contributed by atoms with Crippen LogP contribution < -0.4 is 14.3 Å². The van der Waals surface area contributed by atoms with Gasteiger partial charge in [0, 0.05) is 11.6 Å². The molecule has 122 valence electrons. The van der Waals surface area contributed by atoms with Gasteiger partial charge in [-0.25, -0.2) is 4.83 Å². The molecule has 7 heteroatoms. The topological polar surface area (TPSA) is 77.0 Å². The summed E-state index contributed by atoms with van der Waals surface area (Å²) in [5, 5.41) is 3.79. The van der Waals surface area contributed by atoms with E-state index in [1.807, 2.05) is 6.92 Å². The van der Waals surface area contributed by atoms with Gasteiger partial charge in [-0.2, -0.15) is 13.5 Å². The minimum atomic E-state index is -3.69. The number of aryl methyl sites for hydroxylation is 1. The standard InChI is InChI=1S/C16H18N2O4S/c1-12-4-6-16(7-5-12)23(19,20)18-17-11-13-8-14(21-2)10-15(9-13)22-3/h4-11,18H,1-3H3/b17-11-. The first-order chi connectivity index (χ1) is 10.9. The van der Waals surface area contributed by atoms with Crippen molar-refractivity contribution in [3.8, 4) is 11.5 Å². The van der Waals surface area contributed by atoms with Gasteiger partial charge in [-0.05, 0) is 31.2 Å². The van der Waals surface area contributed by atoms with Crippen LogP contribution in [0.25, 0.3) is 0 Å². The molecule has 0 aliphatic rings. The molecule has 0 heterocycles. The van der Waals surface area contributed by atoms with Gasteiger partial charge < -0.3 is 9.47 Å². The van der Waals surface area contributed by atoms with Crippen molar-refractivity contribution >= 4 is 16.2 Å². The molecule has 23 heavy (non-hydrogen) atoms. The van der Waals surface area contributed by atoms with E-state index in [2.05, 4.69) is 9.93 Å². The second-order valence-corrected chi connectivity index (χ2v) is 6.47. The predicted molar refractivity (Wildman–Crippen MR) is 88.6 cm³/mol. The molecule has 0 unspecified atom stereocenters. The Morgan fingerprint density at radius 1 is 1.00 bits per heavy atom. The summed E-state index contributed by atoms with van der Waals surface area (Å²) < 4.78 is 34.5. The molecular formula is C16H18N2O4S. The van der Waals surface area contributed by atoms with Gasteiger partial charge in [0.2, 0.25) is 0 Å². The number of hydrazone groups is 1. The van der Waals surface area contributed by atoms with E-state index in [4.69, 9.17) is 9.47 Å². The van der Waals surface area contributed by atoms with Crippen LogP contribution >= 0.6 is 0 Å². The fourth-order valence-corrected chi connectivity index (χ4v) is 2.64. The first-order valence-electron chi connectivity index (χ1n) is 6.79. The fourth-order valence-electron chi connectivity index (χ4n) is 1.84. The van der Waals surface area contributed by atoms with Crippen LogP contribution in [0.3, 0.4) is 0 Å². The maximum Gasteiger partial charge on any atom is 0.276 e. The fraction of sp³-hybridized carbons (Fsp3) is 0.188. The number of sulfonamides is 1. The summed E-state index contributed by atoms with van der Waals surface area (Å²) in [7, 11) is -0.614. The number of nitrogens with one attached hydrogen (secondary N) is 1. The molecule has 0 aliphatic heterocycles. The molecule has 0 fully saturated rings. The van der Waals surface area contributed by atoms with Crippen molar-refractivity contribution in [3.63, 3.8) is 0 Å². The number of ether oxygens (including phenoxy) is 2. The Morgan fingerprint density at radius 2 is 1.57 bits per heavy atom. The Balaban J connectivity index is 2.16. The second-order valence-electron chi connectivity index (χ2n) is 4.81. The van der Waals surface area contributed by atoms with E-state index >= 15 is 0 Å². The van der Waals surface area contributed by atoms with Crippen LogP contribution in [0.2, 0.25) is 0 Å². The van der Waals surface area contributed by atoms with E-state index < -0.39 is 10.0 Å². The van der Waals surface area contributed by atoms with E-state index in [-0.39, 0.29) is 4.90 Å². The summed E-state index contributed by atoms with van der Waals surface area (Å²) in [5.41, 5.74) is 1.63. The van der Waals surface area contributed by atoms with Gasteiger partial charge in [0.1, 0.15) is 11.5 Å². The molecule has 2 aromatic rings. The molecule has 0 spiro atoms. The Morgan fingerprint density at radius 3 is 2.09 bits per heavy atom. The molecule has 6 nitrogen and oxygen atoms in total. The first kappa shape index (κ1) is 16.8. The predicted octanol–water partition coefficient (Wildman–Crippen LogP) is 2.32. The minimum absolute atomic E-state index is 0.156. The van der Waals surface area contributed by atoms with Gasteiger partial charge >= 0.3 is 0 Å². The summed E-state index contributed by atoms with van der Waals surface area (Å²) >= 11 is 0. The van der Waals surface area contributed by atoms with Crippen LogP contribution in [0.5, 0.6) is 11.5 Å². The number of hydrogen-bond acceptors (Lipinski definition) is 5. The highest BCUT2D eigenvalue weighted by molar-refractivity contribution is 7.89. The van der Waals surface area contributed by atoms with Crippen molar-refractivity contribution in [1.29, 1.82) is 0 Å². The Labute approximate surface area is 135 Å². The first-order valence-corrected chi connectivity index (χ1v) is 8.27. The van der Waals surface area contributed by atoms with Crippen molar-refractivity contribution in [2.24, 2.45) is 5.10 Å². The summed E-state index contributed by atoms with van der Waals surface area (Å²) in [4.78, 5) is 2.33. The highest BCUT2D eigenvalue weighted by atomic mass is 32.2. The van der Waals surface area contributed by atoms with Crippen LogP contribution in [-0.4, -0.2) is 28.9 Å². The third-order valence-electron chi connectivity index (χ3n) is 3.09. The van der Waals surface area contributed by atoms with E-state index in [0.29, 0.717) is 17.1 Å². The Kier molecular flexibility index (Phi) is 5.23. The lowest BCUT2D eigenvalue weighted by Gasteiger charge is -2.06. The van der Waals surface area contributed by atoms with Crippen molar-refractivity contribution in [3.05, 3.63) is 53.6 Å². The lowest BCUT2D eigenvalue weighted by Crippen LogP contribution is -2.18. The molecule has 1 N–H and O–H groups in total. The molecular weight excluding hydrogens is 316 g/mol. The van der Waals surface area contributed by atoms with E-state index in [1.165, 1.54) is 32.6 Å². The zero-order chi connectivity index (χ0) is 16.9. The van der Waals surface area contributed by atoms with Crippen molar-refractivity contribution in [1.82, 2.24) is 4.83 Å². The molecule has 0 radical (unpaired) electrons. The number of hydrogen-bond donors (Lipinski definition) is 1. The van der Waals surface area contributed by atoms with Crippen LogP contribution in [0, 0.1) is 6.92 Å².